The lowest BCUT2D eigenvalue weighted by Gasteiger charge is -2.24. The number of carbonyl (C=O) groups excluding carboxylic acids is 1. The highest BCUT2D eigenvalue weighted by molar-refractivity contribution is 6.31. The highest BCUT2D eigenvalue weighted by Crippen LogP contribution is 2.36. The van der Waals surface area contributed by atoms with Crippen LogP contribution in [0.15, 0.2) is 48.8 Å². The maximum atomic E-state index is 13.1. The summed E-state index contributed by atoms with van der Waals surface area (Å²) in [6.45, 7) is 3.88. The molecule has 0 saturated carbocycles. The van der Waals surface area contributed by atoms with Crippen molar-refractivity contribution in [3.8, 4) is 11.7 Å². The number of hydrogen-bond acceptors (Lipinski definition) is 7. The van der Waals surface area contributed by atoms with Gasteiger partial charge in [-0.05, 0) is 56.3 Å². The smallest absolute Gasteiger partial charge is 0.417 e. The lowest BCUT2D eigenvalue weighted by molar-refractivity contribution is -0.137. The number of nitrogens with zero attached hydrogens (tertiary/aromatic N) is 4. The molecule has 0 spiro atoms. The Morgan fingerprint density at radius 2 is 1.74 bits per heavy atom. The van der Waals surface area contributed by atoms with Crippen LogP contribution in [0.5, 0.6) is 6.01 Å². The Balaban J connectivity index is 1.59. The zero-order valence-electron chi connectivity index (χ0n) is 20.5. The van der Waals surface area contributed by atoms with E-state index in [2.05, 4.69) is 30.9 Å². The third-order valence-electron chi connectivity index (χ3n) is 5.42. The fourth-order valence-corrected chi connectivity index (χ4v) is 3.68. The Hall–Kier alpha value is -4.10. The number of imidazole rings is 1. The lowest BCUT2D eigenvalue weighted by atomic mass is 10.1. The first-order valence-electron chi connectivity index (χ1n) is 11.3. The largest absolute Gasteiger partial charge is 0.457 e. The van der Waals surface area contributed by atoms with Crippen molar-refractivity contribution < 1.29 is 22.7 Å². The van der Waals surface area contributed by atoms with Crippen LogP contribution in [0.2, 0.25) is 5.02 Å². The minimum Gasteiger partial charge on any atom is -0.457 e. The molecule has 2 heterocycles. The molecule has 2 amide bonds. The van der Waals surface area contributed by atoms with Gasteiger partial charge in [-0.1, -0.05) is 11.6 Å². The third-order valence-corrected chi connectivity index (χ3v) is 5.75. The van der Waals surface area contributed by atoms with Gasteiger partial charge in [-0.15, -0.1) is 0 Å². The van der Waals surface area contributed by atoms with Crippen molar-refractivity contribution in [1.29, 1.82) is 0 Å². The van der Waals surface area contributed by atoms with Crippen molar-refractivity contribution in [2.24, 2.45) is 5.73 Å². The van der Waals surface area contributed by atoms with Crippen molar-refractivity contribution in [3.63, 3.8) is 0 Å². The number of carbonyl (C=O) groups is 1. The number of amides is 2. The van der Waals surface area contributed by atoms with Crippen LogP contribution < -0.4 is 26.4 Å². The summed E-state index contributed by atoms with van der Waals surface area (Å²) in [6, 6.07) is 9.24. The number of halogens is 4. The molecule has 0 fully saturated rings. The number of aromatic nitrogens is 4. The predicted octanol–water partition coefficient (Wildman–Crippen LogP) is 5.29. The van der Waals surface area contributed by atoms with Gasteiger partial charge in [-0.3, -0.25) is 0 Å². The molecule has 0 unspecified atom stereocenters. The van der Waals surface area contributed by atoms with Gasteiger partial charge in [0.1, 0.15) is 11.9 Å². The van der Waals surface area contributed by atoms with Crippen LogP contribution >= 0.6 is 11.6 Å². The summed E-state index contributed by atoms with van der Waals surface area (Å²) in [6.07, 6.45) is -3.26. The zero-order chi connectivity index (χ0) is 27.7. The van der Waals surface area contributed by atoms with Crippen LogP contribution in [0.1, 0.15) is 19.4 Å². The van der Waals surface area contributed by atoms with Crippen LogP contribution in [0.4, 0.5) is 35.2 Å². The monoisotopic (exact) mass is 548 g/mol. The number of hydrogen-bond donors (Lipinski definition) is 4. The van der Waals surface area contributed by atoms with Crippen LogP contribution in [0.25, 0.3) is 16.9 Å². The molecule has 0 aliphatic heterocycles. The first-order chi connectivity index (χ1) is 17.9. The van der Waals surface area contributed by atoms with E-state index >= 15 is 0 Å². The van der Waals surface area contributed by atoms with E-state index in [4.69, 9.17) is 22.1 Å². The van der Waals surface area contributed by atoms with E-state index in [1.165, 1.54) is 12.4 Å². The minimum absolute atomic E-state index is 0.0648. The topological polar surface area (TPSA) is 132 Å². The molecule has 0 saturated heterocycles. The number of fused-ring (bicyclic) bond motifs is 1. The molecule has 2 aromatic carbocycles. The first-order valence-corrected chi connectivity index (χ1v) is 11.6. The number of rotatable bonds is 7. The highest BCUT2D eigenvalue weighted by atomic mass is 35.5. The molecule has 10 nitrogen and oxygen atoms in total. The molecular weight excluding hydrogens is 525 g/mol. The minimum atomic E-state index is -4.65. The van der Waals surface area contributed by atoms with Gasteiger partial charge in [0.25, 0.3) is 0 Å². The second-order valence-electron chi connectivity index (χ2n) is 8.76. The number of ether oxygens (including phenoxy) is 1. The highest BCUT2D eigenvalue weighted by Gasteiger charge is 2.33. The SMILES string of the molecule is CNc1ncnc2c1nc(OC(C)(C)CN)n2-c1ccc(NC(=O)Nc2ccc(Cl)c(C(F)(F)F)c2)cc1. The van der Waals surface area contributed by atoms with Crippen molar-refractivity contribution in [3.05, 3.63) is 59.4 Å². The van der Waals surface area contributed by atoms with Crippen molar-refractivity contribution >= 4 is 46.0 Å². The number of benzene rings is 2. The average molecular weight is 549 g/mol. The third kappa shape index (κ3) is 5.73. The maximum absolute atomic E-state index is 13.1. The molecule has 4 rings (SSSR count). The van der Waals surface area contributed by atoms with E-state index in [9.17, 15) is 18.0 Å². The maximum Gasteiger partial charge on any atom is 0.417 e. The Bertz CT molecular complexity index is 1470. The van der Waals surface area contributed by atoms with Gasteiger partial charge in [0, 0.05) is 25.0 Å². The van der Waals surface area contributed by atoms with E-state index in [-0.39, 0.29) is 18.2 Å². The van der Waals surface area contributed by atoms with Crippen LogP contribution in [-0.4, -0.2) is 44.7 Å². The Labute approximate surface area is 220 Å². The van der Waals surface area contributed by atoms with E-state index in [1.54, 1.807) is 35.9 Å². The van der Waals surface area contributed by atoms with E-state index in [0.29, 0.717) is 28.4 Å². The molecule has 0 aliphatic rings. The number of urea groups is 1. The summed E-state index contributed by atoms with van der Waals surface area (Å²) in [5, 5.41) is 7.46. The molecule has 0 atom stereocenters. The van der Waals surface area contributed by atoms with Crippen LogP contribution in [-0.2, 0) is 6.18 Å². The number of alkyl halides is 3. The van der Waals surface area contributed by atoms with Gasteiger partial charge < -0.3 is 26.4 Å². The molecular formula is C24H24ClF3N8O2. The summed E-state index contributed by atoms with van der Waals surface area (Å²) < 4.78 is 47.1. The first kappa shape index (κ1) is 26.9. The van der Waals surface area contributed by atoms with E-state index in [0.717, 1.165) is 12.1 Å². The van der Waals surface area contributed by atoms with Gasteiger partial charge in [-0.2, -0.15) is 18.2 Å². The second-order valence-corrected chi connectivity index (χ2v) is 9.17. The Morgan fingerprint density at radius 1 is 1.08 bits per heavy atom. The van der Waals surface area contributed by atoms with Crippen molar-refractivity contribution in [2.45, 2.75) is 25.6 Å². The molecule has 38 heavy (non-hydrogen) atoms. The van der Waals surface area contributed by atoms with Gasteiger partial charge in [0.2, 0.25) is 0 Å². The fraction of sp³-hybridized carbons (Fsp3) is 0.250. The second kappa shape index (κ2) is 10.3. The number of anilines is 3. The summed E-state index contributed by atoms with van der Waals surface area (Å²) in [5.74, 6) is 0.509. The normalized spacial score (nSPS) is 11.9. The molecule has 200 valence electrons. The van der Waals surface area contributed by atoms with Gasteiger partial charge in [-0.25, -0.2) is 19.3 Å². The summed E-state index contributed by atoms with van der Waals surface area (Å²) in [7, 11) is 1.71. The Kier molecular flexibility index (Phi) is 7.33. The molecule has 4 aromatic rings. The summed E-state index contributed by atoms with van der Waals surface area (Å²) in [5.41, 5.74) is 5.98. The van der Waals surface area contributed by atoms with Gasteiger partial charge in [0.15, 0.2) is 17.0 Å². The molecule has 14 heteroatoms. The molecule has 0 aliphatic carbocycles. The van der Waals surface area contributed by atoms with Crippen LogP contribution in [0.3, 0.4) is 0 Å². The van der Waals surface area contributed by atoms with Crippen molar-refractivity contribution in [1.82, 2.24) is 19.5 Å². The molecule has 2 aromatic heterocycles. The Morgan fingerprint density at radius 3 is 2.37 bits per heavy atom. The lowest BCUT2D eigenvalue weighted by Crippen LogP contribution is -2.37. The van der Waals surface area contributed by atoms with E-state index in [1.807, 2.05) is 13.8 Å². The average Bonchev–Trinajstić information content (AvgIpc) is 3.22. The summed E-state index contributed by atoms with van der Waals surface area (Å²) >= 11 is 5.63. The molecule has 5 N–H and O–H groups in total. The predicted molar refractivity (Wildman–Crippen MR) is 139 cm³/mol. The summed E-state index contributed by atoms with van der Waals surface area (Å²) in [4.78, 5) is 25.5. The molecule has 0 radical (unpaired) electrons. The number of nitrogens with two attached hydrogens (primary N) is 1. The number of nitrogens with one attached hydrogen (secondary N) is 3. The van der Waals surface area contributed by atoms with E-state index < -0.39 is 28.4 Å². The fourth-order valence-electron chi connectivity index (χ4n) is 3.45. The molecule has 0 bridgehead atoms. The standard InChI is InChI=1S/C24H24ClF3N8O2/c1-23(2,11-29)38-22-35-18-19(30-3)31-12-32-20(18)36(22)15-7-4-13(5-8-15)33-21(37)34-14-6-9-17(25)16(10-14)24(26,27)28/h4-10,12H,11,29H2,1-3H3,(H,30,31,32)(H2,33,34,37). The quantitative estimate of drug-likeness (QED) is 0.247. The van der Waals surface area contributed by atoms with Gasteiger partial charge >= 0.3 is 18.2 Å². The zero-order valence-corrected chi connectivity index (χ0v) is 21.3. The van der Waals surface area contributed by atoms with Gasteiger partial charge in [0.05, 0.1) is 16.3 Å². The van der Waals surface area contributed by atoms with Crippen molar-refractivity contribution in [2.75, 3.05) is 29.5 Å². The van der Waals surface area contributed by atoms with Crippen LogP contribution in [0, 0.1) is 0 Å².